The van der Waals surface area contributed by atoms with Gasteiger partial charge in [0.25, 0.3) is 12.3 Å². The van der Waals surface area contributed by atoms with Crippen LogP contribution in [0.25, 0.3) is 10.4 Å². The molecule has 4 rings (SSSR count). The number of hydrogen-bond acceptors (Lipinski definition) is 6. The van der Waals surface area contributed by atoms with Crippen molar-refractivity contribution < 1.29 is 18.7 Å². The van der Waals surface area contributed by atoms with Crippen molar-refractivity contribution in [2.45, 2.75) is 57.6 Å². The van der Waals surface area contributed by atoms with Crippen molar-refractivity contribution in [1.82, 2.24) is 15.3 Å². The monoisotopic (exact) mass is 436 g/mol. The van der Waals surface area contributed by atoms with Crippen LogP contribution in [0.1, 0.15) is 61.3 Å². The van der Waals surface area contributed by atoms with Gasteiger partial charge in [0.05, 0.1) is 10.5 Å². The minimum absolute atomic E-state index is 0.0636. The van der Waals surface area contributed by atoms with Gasteiger partial charge in [-0.1, -0.05) is 0 Å². The molecule has 0 aromatic carbocycles. The van der Waals surface area contributed by atoms with E-state index in [-0.39, 0.29) is 22.7 Å². The highest BCUT2D eigenvalue weighted by Crippen LogP contribution is 2.46. The highest BCUT2D eigenvalue weighted by Gasteiger charge is 2.41. The largest absolute Gasteiger partial charge is 0.389 e. The van der Waals surface area contributed by atoms with Crippen molar-refractivity contribution in [3.8, 4) is 10.4 Å². The molecule has 2 aliphatic rings. The van der Waals surface area contributed by atoms with Crippen molar-refractivity contribution in [3.63, 3.8) is 0 Å². The van der Waals surface area contributed by atoms with E-state index < -0.39 is 17.9 Å². The number of thiazole rings is 1. The second kappa shape index (κ2) is 8.19. The number of alkyl halides is 2. The predicted molar refractivity (Wildman–Crippen MR) is 112 cm³/mol. The molecule has 3 N–H and O–H groups in total. The Bertz CT molecular complexity index is 908. The van der Waals surface area contributed by atoms with Gasteiger partial charge in [-0.25, -0.2) is 18.7 Å². The molecule has 1 amide bonds. The molecule has 0 spiro atoms. The van der Waals surface area contributed by atoms with Crippen LogP contribution in [0.3, 0.4) is 0 Å². The Hall–Kier alpha value is -2.13. The molecule has 30 heavy (non-hydrogen) atoms. The van der Waals surface area contributed by atoms with E-state index in [0.29, 0.717) is 28.6 Å². The number of anilines is 1. The lowest BCUT2D eigenvalue weighted by molar-refractivity contribution is 0.0694. The summed E-state index contributed by atoms with van der Waals surface area (Å²) >= 11 is 1.03. The maximum absolute atomic E-state index is 13.8. The topological polar surface area (TPSA) is 87.1 Å². The van der Waals surface area contributed by atoms with Crippen LogP contribution in [0.15, 0.2) is 18.5 Å². The van der Waals surface area contributed by atoms with Gasteiger partial charge >= 0.3 is 0 Å². The Balaban J connectivity index is 1.52. The van der Waals surface area contributed by atoms with Crippen LogP contribution in [-0.2, 0) is 0 Å². The van der Waals surface area contributed by atoms with E-state index in [1.54, 1.807) is 13.8 Å². The van der Waals surface area contributed by atoms with Crippen LogP contribution in [0.5, 0.6) is 0 Å². The number of rotatable bonds is 9. The van der Waals surface area contributed by atoms with Crippen molar-refractivity contribution >= 4 is 23.1 Å². The molecule has 0 radical (unpaired) electrons. The van der Waals surface area contributed by atoms with Crippen molar-refractivity contribution in [2.75, 3.05) is 11.9 Å². The molecule has 2 aromatic rings. The number of carbonyl (C=O) groups is 1. The summed E-state index contributed by atoms with van der Waals surface area (Å²) in [6, 6.07) is 1.74. The van der Waals surface area contributed by atoms with Crippen LogP contribution in [0.2, 0.25) is 0 Å². The van der Waals surface area contributed by atoms with Gasteiger partial charge in [-0.15, -0.1) is 11.3 Å². The number of nitrogens with one attached hydrogen (secondary N) is 2. The number of aromatic nitrogens is 2. The Morgan fingerprint density at radius 3 is 2.47 bits per heavy atom. The van der Waals surface area contributed by atoms with Crippen LogP contribution in [-0.4, -0.2) is 39.2 Å². The number of halogens is 2. The normalized spacial score (nSPS) is 16.9. The minimum atomic E-state index is -2.67. The van der Waals surface area contributed by atoms with Gasteiger partial charge in [-0.3, -0.25) is 4.79 Å². The summed E-state index contributed by atoms with van der Waals surface area (Å²) in [6.45, 7) is 3.22. The maximum Gasteiger partial charge on any atom is 0.280 e. The molecule has 162 valence electrons. The van der Waals surface area contributed by atoms with Crippen molar-refractivity contribution in [2.24, 2.45) is 11.8 Å². The highest BCUT2D eigenvalue weighted by molar-refractivity contribution is 7.17. The Morgan fingerprint density at radius 1 is 1.23 bits per heavy atom. The van der Waals surface area contributed by atoms with E-state index >= 15 is 0 Å². The minimum Gasteiger partial charge on any atom is -0.389 e. The first-order valence-electron chi connectivity index (χ1n) is 10.2. The Labute approximate surface area is 178 Å². The Morgan fingerprint density at radius 2 is 1.90 bits per heavy atom. The van der Waals surface area contributed by atoms with Crippen LogP contribution in [0.4, 0.5) is 14.6 Å². The Kier molecular flexibility index (Phi) is 5.76. The molecule has 0 saturated heterocycles. The molecule has 2 aromatic heterocycles. The maximum atomic E-state index is 13.8. The SMILES string of the molecule is CC(C)(O)CNC(=O)c1ncc(-c2cnc(NC(C3CC3)C3CC3)cc2C(F)F)s1. The van der Waals surface area contributed by atoms with E-state index in [0.717, 1.165) is 11.3 Å². The zero-order valence-corrected chi connectivity index (χ0v) is 17.8. The molecular formula is C21H26F2N4O2S. The van der Waals surface area contributed by atoms with Gasteiger partial charge in [0, 0.05) is 36.1 Å². The van der Waals surface area contributed by atoms with E-state index in [1.807, 2.05) is 0 Å². The zero-order chi connectivity index (χ0) is 21.5. The molecule has 0 atom stereocenters. The smallest absolute Gasteiger partial charge is 0.280 e. The first-order valence-corrected chi connectivity index (χ1v) is 11.0. The van der Waals surface area contributed by atoms with E-state index in [1.165, 1.54) is 44.1 Å². The predicted octanol–water partition coefficient (Wildman–Crippen LogP) is 4.24. The van der Waals surface area contributed by atoms with Gasteiger partial charge in [0.1, 0.15) is 5.82 Å². The lowest BCUT2D eigenvalue weighted by atomic mass is 10.1. The fourth-order valence-electron chi connectivity index (χ4n) is 3.51. The van der Waals surface area contributed by atoms with Crippen molar-refractivity contribution in [1.29, 1.82) is 0 Å². The summed E-state index contributed by atoms with van der Waals surface area (Å²) in [6.07, 6.45) is 4.93. The van der Waals surface area contributed by atoms with E-state index in [2.05, 4.69) is 20.6 Å². The van der Waals surface area contributed by atoms with Gasteiger partial charge in [-0.05, 0) is 57.4 Å². The fourth-order valence-corrected chi connectivity index (χ4v) is 4.38. The standard InChI is InChI=1S/C21H26F2N4O2S/c1-21(2,29)10-26-19(28)20-25-9-15(30-20)14-8-24-16(7-13(14)18(22)23)27-17(11-3-4-11)12-5-6-12/h7-9,11-12,17-18,29H,3-6,10H2,1-2H3,(H,24,27)(H,26,28). The molecule has 2 fully saturated rings. The summed E-state index contributed by atoms with van der Waals surface area (Å²) in [5, 5.41) is 15.9. The molecule has 2 saturated carbocycles. The van der Waals surface area contributed by atoms with Crippen LogP contribution in [0, 0.1) is 11.8 Å². The third-order valence-corrected chi connectivity index (χ3v) is 6.42. The summed E-state index contributed by atoms with van der Waals surface area (Å²) < 4.78 is 27.6. The zero-order valence-electron chi connectivity index (χ0n) is 17.0. The number of aliphatic hydroxyl groups is 1. The summed E-state index contributed by atoms with van der Waals surface area (Å²) in [7, 11) is 0. The summed E-state index contributed by atoms with van der Waals surface area (Å²) in [4.78, 5) is 21.1. The molecular weight excluding hydrogens is 410 g/mol. The van der Waals surface area contributed by atoms with Gasteiger partial charge in [0.15, 0.2) is 5.01 Å². The van der Waals surface area contributed by atoms with E-state index in [4.69, 9.17) is 0 Å². The average molecular weight is 437 g/mol. The third kappa shape index (κ3) is 5.13. The highest BCUT2D eigenvalue weighted by atomic mass is 32.1. The quantitative estimate of drug-likeness (QED) is 0.547. The molecule has 0 unspecified atom stereocenters. The third-order valence-electron chi connectivity index (χ3n) is 5.39. The van der Waals surface area contributed by atoms with Gasteiger partial charge < -0.3 is 15.7 Å². The van der Waals surface area contributed by atoms with Gasteiger partial charge in [-0.2, -0.15) is 0 Å². The number of amides is 1. The molecule has 0 aliphatic heterocycles. The number of nitrogens with zero attached hydrogens (tertiary/aromatic N) is 2. The number of hydrogen-bond donors (Lipinski definition) is 3. The molecule has 2 aliphatic carbocycles. The molecule has 9 heteroatoms. The van der Waals surface area contributed by atoms with E-state index in [9.17, 15) is 18.7 Å². The molecule has 6 nitrogen and oxygen atoms in total. The second-order valence-corrected chi connectivity index (χ2v) is 9.86. The number of carbonyl (C=O) groups excluding carboxylic acids is 1. The second-order valence-electron chi connectivity index (χ2n) is 8.83. The molecule has 0 bridgehead atoms. The fraction of sp³-hybridized carbons (Fsp3) is 0.571. The first-order chi connectivity index (χ1) is 14.2. The average Bonchev–Trinajstić information content (AvgIpc) is 3.62. The van der Waals surface area contributed by atoms with Crippen LogP contribution >= 0.6 is 11.3 Å². The lowest BCUT2D eigenvalue weighted by Gasteiger charge is -2.19. The first kappa shape index (κ1) is 21.1. The summed E-state index contributed by atoms with van der Waals surface area (Å²) in [5.41, 5.74) is -0.890. The van der Waals surface area contributed by atoms with Crippen molar-refractivity contribution in [3.05, 3.63) is 29.0 Å². The van der Waals surface area contributed by atoms with Gasteiger partial charge in [0.2, 0.25) is 0 Å². The lowest BCUT2D eigenvalue weighted by Crippen LogP contribution is -2.38. The van der Waals surface area contributed by atoms with Crippen LogP contribution < -0.4 is 10.6 Å². The molecule has 2 heterocycles. The summed E-state index contributed by atoms with van der Waals surface area (Å²) in [5.74, 6) is 1.28. The number of pyridine rings is 1.